The first-order valence-electron chi connectivity index (χ1n) is 8.17. The van der Waals surface area contributed by atoms with E-state index < -0.39 is 38.5 Å². The van der Waals surface area contributed by atoms with Gasteiger partial charge in [-0.3, -0.25) is 9.59 Å². The molecule has 0 spiro atoms. The van der Waals surface area contributed by atoms with Gasteiger partial charge in [-0.25, -0.2) is 13.1 Å². The molecule has 1 heterocycles. The van der Waals surface area contributed by atoms with Crippen molar-refractivity contribution < 1.29 is 35.9 Å². The summed E-state index contributed by atoms with van der Waals surface area (Å²) in [4.78, 5) is 25.2. The number of carbonyl (C=O) groups is 2. The van der Waals surface area contributed by atoms with E-state index in [4.69, 9.17) is 0 Å². The molecule has 1 saturated carbocycles. The maximum Gasteiger partial charge on any atom is 0.573 e. The molecule has 11 heteroatoms. The van der Waals surface area contributed by atoms with Crippen LogP contribution in [0.15, 0.2) is 29.2 Å². The lowest BCUT2D eigenvalue weighted by atomic mass is 9.85. The van der Waals surface area contributed by atoms with E-state index in [0.717, 1.165) is 25.0 Å². The summed E-state index contributed by atoms with van der Waals surface area (Å²) in [6, 6.07) is 4.11. The van der Waals surface area contributed by atoms with Crippen LogP contribution >= 0.6 is 0 Å². The number of nitrogens with zero attached hydrogens (tertiary/aromatic N) is 1. The average molecular weight is 406 g/mol. The molecule has 0 aromatic heterocycles. The minimum Gasteiger partial charge on any atom is -0.404 e. The van der Waals surface area contributed by atoms with Gasteiger partial charge in [0.05, 0.1) is 0 Å². The number of likely N-dealkylation sites (tertiary alicyclic amines) is 1. The number of benzene rings is 1. The quantitative estimate of drug-likeness (QED) is 0.805. The van der Waals surface area contributed by atoms with E-state index in [1.54, 1.807) is 4.72 Å². The molecule has 1 aromatic rings. The van der Waals surface area contributed by atoms with Crippen LogP contribution in [0.1, 0.15) is 26.2 Å². The lowest BCUT2D eigenvalue weighted by Crippen LogP contribution is -2.68. The number of rotatable bonds is 5. The monoisotopic (exact) mass is 406 g/mol. The fourth-order valence-electron chi connectivity index (χ4n) is 2.87. The van der Waals surface area contributed by atoms with Gasteiger partial charge in [0.2, 0.25) is 5.91 Å². The summed E-state index contributed by atoms with van der Waals surface area (Å²) in [5, 5.41) is 0. The molecule has 0 radical (unpaired) electrons. The van der Waals surface area contributed by atoms with Crippen molar-refractivity contribution in [1.82, 2.24) is 9.62 Å². The molecule has 148 valence electrons. The van der Waals surface area contributed by atoms with Crippen LogP contribution in [0.4, 0.5) is 13.2 Å². The van der Waals surface area contributed by atoms with Crippen molar-refractivity contribution in [3.63, 3.8) is 0 Å². The Morgan fingerprint density at radius 2 is 1.89 bits per heavy atom. The number of amides is 2. The van der Waals surface area contributed by atoms with E-state index in [9.17, 15) is 31.2 Å². The summed E-state index contributed by atoms with van der Waals surface area (Å²) >= 11 is 0. The Bertz CT molecular complexity index is 882. The molecule has 1 atom stereocenters. The number of ether oxygens (including phenoxy) is 1. The van der Waals surface area contributed by atoms with Crippen molar-refractivity contribution in [2.75, 3.05) is 6.54 Å². The fourth-order valence-corrected chi connectivity index (χ4v) is 4.07. The average Bonchev–Trinajstić information content (AvgIpc) is 3.36. The smallest absolute Gasteiger partial charge is 0.404 e. The topological polar surface area (TPSA) is 92.8 Å². The number of para-hydroxylation sites is 1. The van der Waals surface area contributed by atoms with Gasteiger partial charge in [0, 0.05) is 12.5 Å². The molecular weight excluding hydrogens is 389 g/mol. The van der Waals surface area contributed by atoms with Gasteiger partial charge in [-0.1, -0.05) is 12.1 Å². The number of halogens is 3. The van der Waals surface area contributed by atoms with Crippen LogP contribution in [0.5, 0.6) is 5.75 Å². The molecule has 1 N–H and O–H groups in total. The zero-order valence-corrected chi connectivity index (χ0v) is 15.1. The van der Waals surface area contributed by atoms with E-state index in [-0.39, 0.29) is 18.2 Å². The van der Waals surface area contributed by atoms with Crippen molar-refractivity contribution in [2.45, 2.75) is 43.0 Å². The molecule has 1 saturated heterocycles. The summed E-state index contributed by atoms with van der Waals surface area (Å²) < 4.78 is 68.0. The van der Waals surface area contributed by atoms with Gasteiger partial charge in [-0.2, -0.15) is 0 Å². The molecule has 7 nitrogen and oxygen atoms in total. The number of alkyl halides is 3. The molecule has 2 aliphatic rings. The summed E-state index contributed by atoms with van der Waals surface area (Å²) in [6.45, 7) is 1.76. The first-order chi connectivity index (χ1) is 12.4. The third-order valence-corrected chi connectivity index (χ3v) is 6.06. The van der Waals surface area contributed by atoms with Gasteiger partial charge in [-0.05, 0) is 38.3 Å². The Labute approximate surface area is 153 Å². The molecule has 1 aliphatic heterocycles. The number of nitrogens with one attached hydrogen (secondary N) is 1. The minimum absolute atomic E-state index is 0.144. The molecule has 1 aliphatic carbocycles. The van der Waals surface area contributed by atoms with E-state index in [0.29, 0.717) is 6.54 Å². The van der Waals surface area contributed by atoms with Crippen molar-refractivity contribution in [3.8, 4) is 5.75 Å². The van der Waals surface area contributed by atoms with Gasteiger partial charge in [0.25, 0.3) is 15.9 Å². The first-order valence-corrected chi connectivity index (χ1v) is 9.66. The minimum atomic E-state index is -5.09. The standard InChI is InChI=1S/C16H17F3N2O5S/c1-15(8-9-21(15)13(22)10-6-7-10)14(23)20-27(24,25)12-5-3-2-4-11(12)26-16(17,18)19/h2-5,10H,6-9H2,1H3,(H,20,23). The van der Waals surface area contributed by atoms with E-state index in [1.165, 1.54) is 24.0 Å². The largest absolute Gasteiger partial charge is 0.573 e. The van der Waals surface area contributed by atoms with Crippen LogP contribution in [-0.2, 0) is 19.6 Å². The molecule has 1 unspecified atom stereocenters. The predicted molar refractivity (Wildman–Crippen MR) is 85.9 cm³/mol. The number of hydrogen-bond acceptors (Lipinski definition) is 5. The third-order valence-electron chi connectivity index (χ3n) is 4.69. The normalized spacial score (nSPS) is 22.7. The van der Waals surface area contributed by atoms with Crippen LogP contribution in [0.3, 0.4) is 0 Å². The summed E-state index contributed by atoms with van der Waals surface area (Å²) in [6.07, 6.45) is -3.38. The lowest BCUT2D eigenvalue weighted by Gasteiger charge is -2.49. The van der Waals surface area contributed by atoms with Crippen LogP contribution in [0, 0.1) is 5.92 Å². The zero-order chi connectivity index (χ0) is 20.0. The Balaban J connectivity index is 1.81. The molecular formula is C16H17F3N2O5S. The molecule has 1 aromatic carbocycles. The highest BCUT2D eigenvalue weighted by Crippen LogP contribution is 2.39. The fraction of sp³-hybridized carbons (Fsp3) is 0.500. The first kappa shape index (κ1) is 19.5. The second kappa shape index (κ2) is 6.39. The van der Waals surface area contributed by atoms with E-state index in [2.05, 4.69) is 4.74 Å². The predicted octanol–water partition coefficient (Wildman–Crippen LogP) is 1.79. The molecule has 3 rings (SSSR count). The van der Waals surface area contributed by atoms with Crippen LogP contribution in [0.2, 0.25) is 0 Å². The van der Waals surface area contributed by atoms with E-state index >= 15 is 0 Å². The second-order valence-corrected chi connectivity index (χ2v) is 8.37. The van der Waals surface area contributed by atoms with Gasteiger partial charge < -0.3 is 9.64 Å². The Kier molecular flexibility index (Phi) is 4.61. The summed E-state index contributed by atoms with van der Waals surface area (Å²) in [7, 11) is -4.64. The lowest BCUT2D eigenvalue weighted by molar-refractivity contribution is -0.275. The number of sulfonamides is 1. The molecule has 2 fully saturated rings. The third kappa shape index (κ3) is 3.87. The van der Waals surface area contributed by atoms with Crippen molar-refractivity contribution in [1.29, 1.82) is 0 Å². The maximum absolute atomic E-state index is 12.5. The molecule has 2 amide bonds. The van der Waals surface area contributed by atoms with Crippen LogP contribution in [-0.4, -0.2) is 43.6 Å². The van der Waals surface area contributed by atoms with E-state index in [1.807, 2.05) is 0 Å². The maximum atomic E-state index is 12.5. The zero-order valence-electron chi connectivity index (χ0n) is 14.2. The highest BCUT2D eigenvalue weighted by molar-refractivity contribution is 7.90. The summed E-state index contributed by atoms with van der Waals surface area (Å²) in [5.41, 5.74) is -1.35. The molecule has 0 bridgehead atoms. The second-order valence-electron chi connectivity index (χ2n) is 6.72. The van der Waals surface area contributed by atoms with Crippen molar-refractivity contribution >= 4 is 21.8 Å². The highest BCUT2D eigenvalue weighted by atomic mass is 32.2. The SMILES string of the molecule is CC1(C(=O)NS(=O)(=O)c2ccccc2OC(F)(F)F)CCN1C(=O)C1CC1. The molecule has 27 heavy (non-hydrogen) atoms. The Hall–Kier alpha value is -2.30. The van der Waals surface area contributed by atoms with Gasteiger partial charge in [0.1, 0.15) is 16.2 Å². The van der Waals surface area contributed by atoms with Crippen molar-refractivity contribution in [3.05, 3.63) is 24.3 Å². The van der Waals surface area contributed by atoms with Crippen LogP contribution < -0.4 is 9.46 Å². The number of hydrogen-bond donors (Lipinski definition) is 1. The van der Waals surface area contributed by atoms with Crippen LogP contribution in [0.25, 0.3) is 0 Å². The van der Waals surface area contributed by atoms with Gasteiger partial charge in [0.15, 0.2) is 0 Å². The van der Waals surface area contributed by atoms with Gasteiger partial charge >= 0.3 is 6.36 Å². The highest BCUT2D eigenvalue weighted by Gasteiger charge is 2.53. The summed E-state index contributed by atoms with van der Waals surface area (Å²) in [5.74, 6) is -2.27. The van der Waals surface area contributed by atoms with Gasteiger partial charge in [-0.15, -0.1) is 13.2 Å². The van der Waals surface area contributed by atoms with Crippen molar-refractivity contribution in [2.24, 2.45) is 5.92 Å². The Morgan fingerprint density at radius 3 is 2.41 bits per heavy atom. The Morgan fingerprint density at radius 1 is 1.26 bits per heavy atom. The number of carbonyl (C=O) groups excluding carboxylic acids is 2.